The van der Waals surface area contributed by atoms with Gasteiger partial charge in [-0.3, -0.25) is 14.9 Å². The summed E-state index contributed by atoms with van der Waals surface area (Å²) in [7, 11) is 0. The summed E-state index contributed by atoms with van der Waals surface area (Å²) in [5.41, 5.74) is 1.95. The van der Waals surface area contributed by atoms with Crippen molar-refractivity contribution >= 4 is 32.7 Å². The first-order valence-electron chi connectivity index (χ1n) is 7.90. The van der Waals surface area contributed by atoms with Crippen LogP contribution in [-0.2, 0) is 0 Å². The van der Waals surface area contributed by atoms with E-state index in [0.29, 0.717) is 43.0 Å². The Morgan fingerprint density at radius 3 is 2.81 bits per heavy atom. The van der Waals surface area contributed by atoms with Crippen LogP contribution in [-0.4, -0.2) is 25.1 Å². The Morgan fingerprint density at radius 1 is 1.04 bits per heavy atom. The number of nitrogens with zero attached hydrogens (tertiary/aromatic N) is 3. The molecule has 0 radical (unpaired) electrons. The van der Waals surface area contributed by atoms with Crippen molar-refractivity contribution in [1.29, 1.82) is 0 Å². The number of rotatable bonds is 1. The van der Waals surface area contributed by atoms with Gasteiger partial charge in [-0.2, -0.15) is 5.10 Å². The van der Waals surface area contributed by atoms with E-state index in [9.17, 15) is 14.4 Å². The lowest BCUT2D eigenvalue weighted by Crippen LogP contribution is -2.17. The summed E-state index contributed by atoms with van der Waals surface area (Å²) in [4.78, 5) is 16.7. The molecule has 0 aliphatic heterocycles. The van der Waals surface area contributed by atoms with Crippen molar-refractivity contribution in [2.75, 3.05) is 0 Å². The molecule has 2 aromatic carbocycles. The van der Waals surface area contributed by atoms with Crippen molar-refractivity contribution in [3.63, 3.8) is 0 Å². The predicted octanol–water partition coefficient (Wildman–Crippen LogP) is 3.47. The fraction of sp³-hybridized carbons (Fsp3) is 0. The first-order chi connectivity index (χ1) is 12.6. The third-order valence-electron chi connectivity index (χ3n) is 4.59. The Morgan fingerprint density at radius 2 is 1.92 bits per heavy atom. The zero-order valence-electron chi connectivity index (χ0n) is 13.3. The minimum Gasteiger partial charge on any atom is -0.425 e. The molecule has 7 heteroatoms. The maximum Gasteiger partial charge on any atom is 0.284 e. The van der Waals surface area contributed by atoms with E-state index in [1.54, 1.807) is 30.5 Å². The molecule has 5 aromatic rings. The first-order valence-corrected chi connectivity index (χ1v) is 7.90. The SMILES string of the molecule is O=c1cc(-c2ccc(F)c3[nH]ncc23)c2ccc3ncccc3c2n1O. The van der Waals surface area contributed by atoms with Gasteiger partial charge in [0.05, 0.1) is 11.7 Å². The second kappa shape index (κ2) is 5.13. The lowest BCUT2D eigenvalue weighted by molar-refractivity contribution is 0.189. The van der Waals surface area contributed by atoms with Crippen LogP contribution in [0.3, 0.4) is 0 Å². The average molecular weight is 346 g/mol. The molecule has 0 saturated carbocycles. The minimum atomic E-state index is -0.579. The molecule has 0 aliphatic rings. The highest BCUT2D eigenvalue weighted by molar-refractivity contribution is 6.11. The van der Waals surface area contributed by atoms with Gasteiger partial charge in [0.25, 0.3) is 5.56 Å². The van der Waals surface area contributed by atoms with Crippen LogP contribution in [0, 0.1) is 5.82 Å². The van der Waals surface area contributed by atoms with Crippen molar-refractivity contribution in [3.8, 4) is 11.1 Å². The van der Waals surface area contributed by atoms with Crippen LogP contribution in [0.1, 0.15) is 0 Å². The molecule has 0 saturated heterocycles. The number of benzene rings is 2. The van der Waals surface area contributed by atoms with E-state index in [1.165, 1.54) is 18.3 Å². The molecule has 0 amide bonds. The first kappa shape index (κ1) is 14.6. The van der Waals surface area contributed by atoms with Crippen molar-refractivity contribution in [2.45, 2.75) is 0 Å². The van der Waals surface area contributed by atoms with Gasteiger partial charge in [-0.05, 0) is 41.5 Å². The summed E-state index contributed by atoms with van der Waals surface area (Å²) in [5.74, 6) is -0.421. The molecule has 2 N–H and O–H groups in total. The Kier molecular flexibility index (Phi) is 2.88. The van der Waals surface area contributed by atoms with Crippen LogP contribution in [0.25, 0.3) is 43.8 Å². The molecule has 6 nitrogen and oxygen atoms in total. The van der Waals surface area contributed by atoms with E-state index in [2.05, 4.69) is 15.2 Å². The normalized spacial score (nSPS) is 11.6. The Labute approximate surface area is 145 Å². The second-order valence-electron chi connectivity index (χ2n) is 5.99. The fourth-order valence-corrected chi connectivity index (χ4v) is 3.41. The number of aromatic nitrogens is 4. The van der Waals surface area contributed by atoms with E-state index >= 15 is 0 Å². The largest absolute Gasteiger partial charge is 0.425 e. The number of nitrogens with one attached hydrogen (secondary N) is 1. The maximum atomic E-state index is 14.0. The second-order valence-corrected chi connectivity index (χ2v) is 5.99. The van der Waals surface area contributed by atoms with Crippen LogP contribution in [0.15, 0.2) is 59.7 Å². The predicted molar refractivity (Wildman–Crippen MR) is 95.7 cm³/mol. The van der Waals surface area contributed by atoms with Crippen LogP contribution >= 0.6 is 0 Å². The molecular formula is C19H11FN4O2. The number of pyridine rings is 2. The van der Waals surface area contributed by atoms with Gasteiger partial charge < -0.3 is 5.21 Å². The van der Waals surface area contributed by atoms with Gasteiger partial charge >= 0.3 is 0 Å². The average Bonchev–Trinajstić information content (AvgIpc) is 3.15. The van der Waals surface area contributed by atoms with Gasteiger partial charge in [-0.1, -0.05) is 6.07 Å². The Balaban J connectivity index is 2.00. The zero-order valence-corrected chi connectivity index (χ0v) is 13.3. The molecule has 26 heavy (non-hydrogen) atoms. The molecule has 0 aliphatic carbocycles. The molecule has 0 unspecified atom stereocenters. The highest BCUT2D eigenvalue weighted by Gasteiger charge is 2.16. The molecule has 3 aromatic heterocycles. The molecule has 0 bridgehead atoms. The van der Waals surface area contributed by atoms with Gasteiger partial charge in [0.15, 0.2) is 0 Å². The number of hydrogen-bond acceptors (Lipinski definition) is 4. The Bertz CT molecular complexity index is 1390. The van der Waals surface area contributed by atoms with E-state index in [0.717, 1.165) is 0 Å². The standard InChI is InChI=1S/C19H11FN4O2/c20-15-5-3-10(14-9-22-23-18(14)15)13-8-17(25)24(26)19-11(13)4-6-16-12(19)2-1-7-21-16/h1-9,26H,(H,22,23). The van der Waals surface area contributed by atoms with Crippen molar-refractivity contribution in [3.05, 3.63) is 71.0 Å². The lowest BCUT2D eigenvalue weighted by atomic mass is 9.97. The Hall–Kier alpha value is -3.74. The third-order valence-corrected chi connectivity index (χ3v) is 4.59. The van der Waals surface area contributed by atoms with Crippen LogP contribution in [0.5, 0.6) is 0 Å². The van der Waals surface area contributed by atoms with Crippen molar-refractivity contribution in [1.82, 2.24) is 19.9 Å². The van der Waals surface area contributed by atoms with Gasteiger partial charge in [-0.25, -0.2) is 4.39 Å². The van der Waals surface area contributed by atoms with Crippen LogP contribution in [0.2, 0.25) is 0 Å². The molecule has 0 fully saturated rings. The van der Waals surface area contributed by atoms with Gasteiger partial charge in [0.1, 0.15) is 16.9 Å². The maximum absolute atomic E-state index is 14.0. The monoisotopic (exact) mass is 346 g/mol. The van der Waals surface area contributed by atoms with Crippen molar-refractivity contribution < 1.29 is 9.60 Å². The van der Waals surface area contributed by atoms with Gasteiger partial charge in [0, 0.05) is 28.4 Å². The van der Waals surface area contributed by atoms with Crippen LogP contribution < -0.4 is 5.56 Å². The zero-order chi connectivity index (χ0) is 17.8. The summed E-state index contributed by atoms with van der Waals surface area (Å²) in [6.45, 7) is 0. The number of H-pyrrole nitrogens is 1. The number of hydrogen-bond donors (Lipinski definition) is 2. The van der Waals surface area contributed by atoms with E-state index in [-0.39, 0.29) is 5.52 Å². The summed E-state index contributed by atoms with van der Waals surface area (Å²) < 4.78 is 14.6. The van der Waals surface area contributed by atoms with Gasteiger partial charge in [0.2, 0.25) is 0 Å². The molecule has 0 spiro atoms. The quantitative estimate of drug-likeness (QED) is 0.360. The van der Waals surface area contributed by atoms with Crippen LogP contribution in [0.4, 0.5) is 4.39 Å². The minimum absolute atomic E-state index is 0.270. The van der Waals surface area contributed by atoms with Gasteiger partial charge in [-0.15, -0.1) is 4.73 Å². The van der Waals surface area contributed by atoms with E-state index in [1.807, 2.05) is 6.07 Å². The number of halogens is 1. The topological polar surface area (TPSA) is 83.8 Å². The summed E-state index contributed by atoms with van der Waals surface area (Å²) in [5, 5.41) is 18.8. The molecule has 0 atom stereocenters. The highest BCUT2D eigenvalue weighted by Crippen LogP contribution is 2.35. The highest BCUT2D eigenvalue weighted by atomic mass is 19.1. The summed E-state index contributed by atoms with van der Waals surface area (Å²) in [6, 6.07) is 11.4. The molecule has 3 heterocycles. The molecule has 5 rings (SSSR count). The molecular weight excluding hydrogens is 335 g/mol. The third kappa shape index (κ3) is 1.88. The van der Waals surface area contributed by atoms with Crippen molar-refractivity contribution in [2.24, 2.45) is 0 Å². The number of fused-ring (bicyclic) bond motifs is 4. The van der Waals surface area contributed by atoms with E-state index in [4.69, 9.17) is 0 Å². The molecule has 126 valence electrons. The lowest BCUT2D eigenvalue weighted by Gasteiger charge is -2.12. The number of aromatic amines is 1. The van der Waals surface area contributed by atoms with E-state index < -0.39 is 11.4 Å². The fourth-order valence-electron chi connectivity index (χ4n) is 3.41. The smallest absolute Gasteiger partial charge is 0.284 e. The summed E-state index contributed by atoms with van der Waals surface area (Å²) in [6.07, 6.45) is 3.17. The summed E-state index contributed by atoms with van der Waals surface area (Å²) >= 11 is 0.